The lowest BCUT2D eigenvalue weighted by Gasteiger charge is -2.13. The molecule has 0 fully saturated rings. The van der Waals surface area contributed by atoms with Gasteiger partial charge in [0.1, 0.15) is 5.56 Å². The Balaban J connectivity index is 2.78. The van der Waals surface area contributed by atoms with Crippen molar-refractivity contribution in [3.8, 4) is 0 Å². The van der Waals surface area contributed by atoms with Crippen molar-refractivity contribution in [3.63, 3.8) is 0 Å². The Kier molecular flexibility index (Phi) is 4.09. The number of aromatic nitrogens is 1. The second kappa shape index (κ2) is 5.34. The molecule has 1 amide bonds. The van der Waals surface area contributed by atoms with E-state index in [2.05, 4.69) is 10.3 Å². The minimum atomic E-state index is -0.346. The van der Waals surface area contributed by atoms with Gasteiger partial charge in [0.25, 0.3) is 11.5 Å². The minimum Gasteiger partial charge on any atom is -0.349 e. The molecule has 0 aliphatic rings. The SMILES string of the molecule is CCC(CC)NC(=O)c1ccc[nH]c1=O. The molecule has 0 spiro atoms. The lowest BCUT2D eigenvalue weighted by Crippen LogP contribution is -2.36. The summed E-state index contributed by atoms with van der Waals surface area (Å²) in [5, 5.41) is 2.81. The second-order valence-electron chi connectivity index (χ2n) is 3.40. The predicted octanol–water partition coefficient (Wildman–Crippen LogP) is 1.29. The zero-order chi connectivity index (χ0) is 11.3. The summed E-state index contributed by atoms with van der Waals surface area (Å²) in [6.45, 7) is 4.01. The Morgan fingerprint density at radius 1 is 1.47 bits per heavy atom. The van der Waals surface area contributed by atoms with E-state index in [-0.39, 0.29) is 23.1 Å². The molecule has 0 unspecified atom stereocenters. The molecule has 0 radical (unpaired) electrons. The molecule has 82 valence electrons. The van der Waals surface area contributed by atoms with E-state index in [4.69, 9.17) is 0 Å². The van der Waals surface area contributed by atoms with E-state index in [1.165, 1.54) is 12.3 Å². The van der Waals surface area contributed by atoms with Crippen LogP contribution < -0.4 is 10.9 Å². The van der Waals surface area contributed by atoms with Crippen LogP contribution in [0.25, 0.3) is 0 Å². The molecule has 4 nitrogen and oxygen atoms in total. The molecule has 0 saturated heterocycles. The summed E-state index contributed by atoms with van der Waals surface area (Å²) in [5.41, 5.74) is -0.176. The van der Waals surface area contributed by atoms with Gasteiger partial charge >= 0.3 is 0 Å². The Morgan fingerprint density at radius 2 is 2.13 bits per heavy atom. The molecule has 0 saturated carbocycles. The lowest BCUT2D eigenvalue weighted by atomic mass is 10.1. The number of carbonyl (C=O) groups excluding carboxylic acids is 1. The molecule has 1 aromatic heterocycles. The van der Waals surface area contributed by atoms with Crippen molar-refractivity contribution in [3.05, 3.63) is 34.2 Å². The molecule has 4 heteroatoms. The van der Waals surface area contributed by atoms with Gasteiger partial charge in [-0.15, -0.1) is 0 Å². The first-order chi connectivity index (χ1) is 7.19. The van der Waals surface area contributed by atoms with Gasteiger partial charge in [0.2, 0.25) is 0 Å². The van der Waals surface area contributed by atoms with Crippen LogP contribution in [0.3, 0.4) is 0 Å². The summed E-state index contributed by atoms with van der Waals surface area (Å²) in [4.78, 5) is 25.4. The van der Waals surface area contributed by atoms with Crippen LogP contribution in [0.1, 0.15) is 37.0 Å². The summed E-state index contributed by atoms with van der Waals surface area (Å²) < 4.78 is 0. The first kappa shape index (κ1) is 11.5. The molecular weight excluding hydrogens is 192 g/mol. The van der Waals surface area contributed by atoms with Gasteiger partial charge in [-0.25, -0.2) is 0 Å². The van der Waals surface area contributed by atoms with Gasteiger partial charge in [-0.2, -0.15) is 0 Å². The van der Waals surface area contributed by atoms with Gasteiger partial charge in [0.05, 0.1) is 0 Å². The van der Waals surface area contributed by atoms with Crippen LogP contribution in [0, 0.1) is 0 Å². The van der Waals surface area contributed by atoms with Crippen LogP contribution in [-0.2, 0) is 0 Å². The third kappa shape index (κ3) is 2.94. The lowest BCUT2D eigenvalue weighted by molar-refractivity contribution is 0.0933. The van der Waals surface area contributed by atoms with E-state index in [0.717, 1.165) is 12.8 Å². The highest BCUT2D eigenvalue weighted by molar-refractivity contribution is 5.93. The maximum atomic E-state index is 11.7. The van der Waals surface area contributed by atoms with Crippen molar-refractivity contribution in [2.75, 3.05) is 0 Å². The molecule has 1 aromatic rings. The van der Waals surface area contributed by atoms with Crippen LogP contribution in [0.15, 0.2) is 23.1 Å². The van der Waals surface area contributed by atoms with Crippen LogP contribution in [0.2, 0.25) is 0 Å². The Hall–Kier alpha value is -1.58. The highest BCUT2D eigenvalue weighted by Crippen LogP contribution is 1.98. The fraction of sp³-hybridized carbons (Fsp3) is 0.455. The van der Waals surface area contributed by atoms with Gasteiger partial charge in [0, 0.05) is 12.2 Å². The number of aromatic amines is 1. The van der Waals surface area contributed by atoms with Crippen LogP contribution in [0.4, 0.5) is 0 Å². The number of hydrogen-bond donors (Lipinski definition) is 2. The number of nitrogens with one attached hydrogen (secondary N) is 2. The maximum absolute atomic E-state index is 11.7. The number of rotatable bonds is 4. The van der Waals surface area contributed by atoms with E-state index in [1.807, 2.05) is 13.8 Å². The van der Waals surface area contributed by atoms with Gasteiger partial charge in [-0.1, -0.05) is 13.8 Å². The molecule has 0 aliphatic carbocycles. The van der Waals surface area contributed by atoms with E-state index in [1.54, 1.807) is 6.07 Å². The van der Waals surface area contributed by atoms with Gasteiger partial charge in [-0.3, -0.25) is 9.59 Å². The Labute approximate surface area is 88.7 Å². The molecule has 2 N–H and O–H groups in total. The second-order valence-corrected chi connectivity index (χ2v) is 3.40. The molecular formula is C11H16N2O2. The van der Waals surface area contributed by atoms with Gasteiger partial charge < -0.3 is 10.3 Å². The van der Waals surface area contributed by atoms with Gasteiger partial charge in [0.15, 0.2) is 0 Å². The van der Waals surface area contributed by atoms with E-state index in [0.29, 0.717) is 0 Å². The summed E-state index contributed by atoms with van der Waals surface area (Å²) in [7, 11) is 0. The summed E-state index contributed by atoms with van der Waals surface area (Å²) in [6.07, 6.45) is 3.25. The Bertz CT molecular complexity index is 380. The zero-order valence-corrected chi connectivity index (χ0v) is 9.04. The van der Waals surface area contributed by atoms with Crippen LogP contribution in [0.5, 0.6) is 0 Å². The Morgan fingerprint density at radius 3 is 2.67 bits per heavy atom. The minimum absolute atomic E-state index is 0.136. The average Bonchev–Trinajstić information content (AvgIpc) is 2.26. The monoisotopic (exact) mass is 208 g/mol. The molecule has 0 aromatic carbocycles. The largest absolute Gasteiger partial charge is 0.349 e. The maximum Gasteiger partial charge on any atom is 0.260 e. The number of hydrogen-bond acceptors (Lipinski definition) is 2. The smallest absolute Gasteiger partial charge is 0.260 e. The van der Waals surface area contributed by atoms with E-state index < -0.39 is 0 Å². The molecule has 0 bridgehead atoms. The standard InChI is InChI=1S/C11H16N2O2/c1-3-8(4-2)13-11(15)9-6-5-7-12-10(9)14/h5-8H,3-4H2,1-2H3,(H,12,14)(H,13,15). The fourth-order valence-corrected chi connectivity index (χ4v) is 1.36. The van der Waals surface area contributed by atoms with E-state index in [9.17, 15) is 9.59 Å². The quantitative estimate of drug-likeness (QED) is 0.783. The van der Waals surface area contributed by atoms with Crippen LogP contribution >= 0.6 is 0 Å². The van der Waals surface area contributed by atoms with Crippen molar-refractivity contribution in [1.82, 2.24) is 10.3 Å². The normalized spacial score (nSPS) is 10.3. The molecule has 0 atom stereocenters. The average molecular weight is 208 g/mol. The highest BCUT2D eigenvalue weighted by atomic mass is 16.2. The highest BCUT2D eigenvalue weighted by Gasteiger charge is 2.12. The molecule has 1 rings (SSSR count). The predicted molar refractivity (Wildman–Crippen MR) is 58.9 cm³/mol. The summed E-state index contributed by atoms with van der Waals surface area (Å²) in [5.74, 6) is -0.300. The molecule has 15 heavy (non-hydrogen) atoms. The van der Waals surface area contributed by atoms with Crippen molar-refractivity contribution in [2.45, 2.75) is 32.7 Å². The summed E-state index contributed by atoms with van der Waals surface area (Å²) in [6, 6.07) is 3.30. The van der Waals surface area contributed by atoms with Crippen LogP contribution in [-0.4, -0.2) is 16.9 Å². The first-order valence-corrected chi connectivity index (χ1v) is 5.17. The number of carbonyl (C=O) groups is 1. The van der Waals surface area contributed by atoms with Crippen molar-refractivity contribution in [1.29, 1.82) is 0 Å². The first-order valence-electron chi connectivity index (χ1n) is 5.17. The fourth-order valence-electron chi connectivity index (χ4n) is 1.36. The van der Waals surface area contributed by atoms with Gasteiger partial charge in [-0.05, 0) is 25.0 Å². The van der Waals surface area contributed by atoms with Crippen molar-refractivity contribution < 1.29 is 4.79 Å². The molecule has 1 heterocycles. The van der Waals surface area contributed by atoms with E-state index >= 15 is 0 Å². The zero-order valence-electron chi connectivity index (χ0n) is 9.04. The number of H-pyrrole nitrogens is 1. The number of amides is 1. The van der Waals surface area contributed by atoms with Crippen molar-refractivity contribution >= 4 is 5.91 Å². The number of pyridine rings is 1. The summed E-state index contributed by atoms with van der Waals surface area (Å²) >= 11 is 0. The molecule has 0 aliphatic heterocycles. The van der Waals surface area contributed by atoms with Crippen molar-refractivity contribution in [2.24, 2.45) is 0 Å². The third-order valence-electron chi connectivity index (χ3n) is 2.38. The third-order valence-corrected chi connectivity index (χ3v) is 2.38. The topological polar surface area (TPSA) is 62.0 Å².